The first-order valence-corrected chi connectivity index (χ1v) is 10.9. The van der Waals surface area contributed by atoms with E-state index in [1.165, 1.54) is 4.31 Å². The molecule has 6 nitrogen and oxygen atoms in total. The number of piperidine rings is 1. The predicted octanol–water partition coefficient (Wildman–Crippen LogP) is 2.86. The number of benzene rings is 2. The van der Waals surface area contributed by atoms with Crippen LogP contribution in [-0.2, 0) is 27.8 Å². The van der Waals surface area contributed by atoms with Crippen LogP contribution in [-0.4, -0.2) is 43.7 Å². The zero-order valence-electron chi connectivity index (χ0n) is 15.9. The van der Waals surface area contributed by atoms with Crippen molar-refractivity contribution in [3.8, 4) is 0 Å². The van der Waals surface area contributed by atoms with Gasteiger partial charge in [0.2, 0.25) is 10.0 Å². The van der Waals surface area contributed by atoms with Crippen molar-refractivity contribution in [1.29, 1.82) is 0 Å². The van der Waals surface area contributed by atoms with Gasteiger partial charge in [0.05, 0.1) is 17.6 Å². The lowest BCUT2D eigenvalue weighted by molar-refractivity contribution is 0.00890. The van der Waals surface area contributed by atoms with E-state index in [2.05, 4.69) is 0 Å². The molecule has 29 heavy (non-hydrogen) atoms. The van der Waals surface area contributed by atoms with Crippen molar-refractivity contribution in [2.45, 2.75) is 36.9 Å². The molecule has 0 spiro atoms. The lowest BCUT2D eigenvalue weighted by atomic mass is 10.1. The number of rotatable bonds is 8. The van der Waals surface area contributed by atoms with Crippen molar-refractivity contribution in [2.24, 2.45) is 0 Å². The molecule has 0 amide bonds. The molecule has 0 saturated carbocycles. The van der Waals surface area contributed by atoms with Gasteiger partial charge in [-0.1, -0.05) is 18.2 Å². The van der Waals surface area contributed by atoms with Gasteiger partial charge in [-0.2, -0.15) is 4.31 Å². The van der Waals surface area contributed by atoms with E-state index >= 15 is 0 Å². The number of hydrogen-bond acceptors (Lipinski definition) is 5. The van der Waals surface area contributed by atoms with Crippen molar-refractivity contribution < 1.29 is 27.1 Å². The van der Waals surface area contributed by atoms with Crippen molar-refractivity contribution in [3.05, 3.63) is 65.2 Å². The predicted molar refractivity (Wildman–Crippen MR) is 103 cm³/mol. The molecule has 0 unspecified atom stereocenters. The van der Waals surface area contributed by atoms with Crippen LogP contribution in [0.3, 0.4) is 0 Å². The quantitative estimate of drug-likeness (QED) is 0.635. The monoisotopic (exact) mass is 426 g/mol. The average Bonchev–Trinajstić information content (AvgIpc) is 2.73. The van der Waals surface area contributed by atoms with Crippen LogP contribution < -0.4 is 5.48 Å². The van der Waals surface area contributed by atoms with E-state index in [-0.39, 0.29) is 42.8 Å². The molecule has 3 rings (SSSR count). The van der Waals surface area contributed by atoms with Gasteiger partial charge in [0.25, 0.3) is 0 Å². The molecule has 2 N–H and O–H groups in total. The topological polar surface area (TPSA) is 78.9 Å². The minimum atomic E-state index is -3.67. The average molecular weight is 426 g/mol. The molecule has 158 valence electrons. The highest BCUT2D eigenvalue weighted by Crippen LogP contribution is 2.25. The maximum Gasteiger partial charge on any atom is 0.243 e. The smallest absolute Gasteiger partial charge is 0.243 e. The molecule has 1 aliphatic rings. The Morgan fingerprint density at radius 2 is 1.83 bits per heavy atom. The largest absolute Gasteiger partial charge is 0.373 e. The van der Waals surface area contributed by atoms with Gasteiger partial charge in [0.1, 0.15) is 11.6 Å². The summed E-state index contributed by atoms with van der Waals surface area (Å²) in [6.07, 6.45) is 1.09. The summed E-state index contributed by atoms with van der Waals surface area (Å²) in [4.78, 5) is 0.233. The van der Waals surface area contributed by atoms with E-state index in [1.54, 1.807) is 24.3 Å². The van der Waals surface area contributed by atoms with Gasteiger partial charge in [-0.15, -0.1) is 0 Å². The maximum atomic E-state index is 13.7. The number of nitrogens with one attached hydrogen (secondary N) is 1. The van der Waals surface area contributed by atoms with Gasteiger partial charge in [-0.3, -0.25) is 0 Å². The van der Waals surface area contributed by atoms with Crippen LogP contribution in [0.2, 0.25) is 0 Å². The van der Waals surface area contributed by atoms with Gasteiger partial charge >= 0.3 is 0 Å². The Bertz CT molecular complexity index is 932. The molecule has 0 aromatic heterocycles. The molecule has 0 aliphatic carbocycles. The number of sulfonamides is 1. The molecule has 0 atom stereocenters. The normalized spacial score (nSPS) is 16.2. The number of hydroxylamine groups is 1. The van der Waals surface area contributed by atoms with E-state index in [1.807, 2.05) is 5.48 Å². The van der Waals surface area contributed by atoms with Crippen LogP contribution in [0.4, 0.5) is 8.78 Å². The van der Waals surface area contributed by atoms with Crippen molar-refractivity contribution >= 4 is 10.0 Å². The van der Waals surface area contributed by atoms with Gasteiger partial charge in [0.15, 0.2) is 0 Å². The SMILES string of the molecule is O=S(=O)(c1ccccc1CCNO)N1CCC(OCc2cc(F)ccc2F)CC1. The highest BCUT2D eigenvalue weighted by molar-refractivity contribution is 7.89. The molecule has 0 bridgehead atoms. The molecule has 1 aliphatic heterocycles. The summed E-state index contributed by atoms with van der Waals surface area (Å²) in [5, 5.41) is 8.80. The Labute approximate surface area is 169 Å². The molecule has 1 saturated heterocycles. The number of halogens is 2. The van der Waals surface area contributed by atoms with Crippen molar-refractivity contribution in [1.82, 2.24) is 9.79 Å². The Balaban J connectivity index is 1.61. The van der Waals surface area contributed by atoms with Gasteiger partial charge in [-0.25, -0.2) is 22.7 Å². The number of nitrogens with zero attached hydrogens (tertiary/aromatic N) is 1. The van der Waals surface area contributed by atoms with Crippen molar-refractivity contribution in [3.63, 3.8) is 0 Å². The van der Waals surface area contributed by atoms with Crippen LogP contribution in [0.1, 0.15) is 24.0 Å². The van der Waals surface area contributed by atoms with Crippen LogP contribution in [0, 0.1) is 11.6 Å². The van der Waals surface area contributed by atoms with Crippen LogP contribution >= 0.6 is 0 Å². The van der Waals surface area contributed by atoms with Gasteiger partial charge in [0, 0.05) is 25.2 Å². The van der Waals surface area contributed by atoms with Gasteiger partial charge < -0.3 is 9.94 Å². The summed E-state index contributed by atoms with van der Waals surface area (Å²) in [5.41, 5.74) is 2.82. The molecule has 2 aromatic rings. The Morgan fingerprint density at radius 1 is 1.10 bits per heavy atom. The first-order chi connectivity index (χ1) is 13.9. The Kier molecular flexibility index (Phi) is 7.31. The summed E-state index contributed by atoms with van der Waals surface area (Å²) < 4.78 is 60.2. The van der Waals surface area contributed by atoms with Crippen LogP contribution in [0.15, 0.2) is 47.4 Å². The fourth-order valence-corrected chi connectivity index (χ4v) is 5.11. The minimum absolute atomic E-state index is 0.0575. The first kappa shape index (κ1) is 21.8. The van der Waals surface area contributed by atoms with Crippen LogP contribution in [0.25, 0.3) is 0 Å². The Morgan fingerprint density at radius 3 is 2.55 bits per heavy atom. The zero-order valence-corrected chi connectivity index (χ0v) is 16.7. The molecule has 2 aromatic carbocycles. The highest BCUT2D eigenvalue weighted by Gasteiger charge is 2.31. The summed E-state index contributed by atoms with van der Waals surface area (Å²) in [6.45, 7) is 0.757. The van der Waals surface area contributed by atoms with E-state index in [9.17, 15) is 17.2 Å². The standard InChI is InChI=1S/C20H24F2N2O4S/c21-17-5-6-19(22)16(13-17)14-28-18-8-11-24(12-9-18)29(26,27)20-4-2-1-3-15(20)7-10-23-25/h1-6,13,18,23,25H,7-12,14H2. The lowest BCUT2D eigenvalue weighted by Gasteiger charge is -2.31. The summed E-state index contributed by atoms with van der Waals surface area (Å²) in [7, 11) is -3.67. The van der Waals surface area contributed by atoms with Gasteiger partial charge in [-0.05, 0) is 49.1 Å². The third-order valence-electron chi connectivity index (χ3n) is 4.98. The van der Waals surface area contributed by atoms with E-state index < -0.39 is 21.7 Å². The Hall–Kier alpha value is -1.91. The number of ether oxygens (including phenoxy) is 1. The van der Waals surface area contributed by atoms with Crippen LogP contribution in [0.5, 0.6) is 0 Å². The first-order valence-electron chi connectivity index (χ1n) is 9.42. The second-order valence-electron chi connectivity index (χ2n) is 6.92. The molecule has 9 heteroatoms. The fraction of sp³-hybridized carbons (Fsp3) is 0.400. The molecule has 1 heterocycles. The minimum Gasteiger partial charge on any atom is -0.373 e. The van der Waals surface area contributed by atoms with E-state index in [0.717, 1.165) is 18.2 Å². The second kappa shape index (κ2) is 9.73. The second-order valence-corrected chi connectivity index (χ2v) is 8.82. The molecular formula is C20H24F2N2O4S. The number of hydrogen-bond donors (Lipinski definition) is 2. The highest BCUT2D eigenvalue weighted by atomic mass is 32.2. The third-order valence-corrected chi connectivity index (χ3v) is 6.98. The molecule has 0 radical (unpaired) electrons. The lowest BCUT2D eigenvalue weighted by Crippen LogP contribution is -2.41. The van der Waals surface area contributed by atoms with E-state index in [0.29, 0.717) is 24.8 Å². The summed E-state index contributed by atoms with van der Waals surface area (Å²) >= 11 is 0. The van der Waals surface area contributed by atoms with E-state index in [4.69, 9.17) is 9.94 Å². The zero-order chi connectivity index (χ0) is 20.9. The maximum absolute atomic E-state index is 13.7. The molecule has 1 fully saturated rings. The van der Waals surface area contributed by atoms with Crippen molar-refractivity contribution in [2.75, 3.05) is 19.6 Å². The third kappa shape index (κ3) is 5.37. The fourth-order valence-electron chi connectivity index (χ4n) is 3.39. The summed E-state index contributed by atoms with van der Waals surface area (Å²) in [5.74, 6) is -1.05. The molecular weight excluding hydrogens is 402 g/mol. The summed E-state index contributed by atoms with van der Waals surface area (Å²) in [6, 6.07) is 9.95.